The third-order valence-electron chi connectivity index (χ3n) is 3.41. The highest BCUT2D eigenvalue weighted by Gasteiger charge is 2.10. The van der Waals surface area contributed by atoms with Gasteiger partial charge in [0.15, 0.2) is 0 Å². The molecule has 3 nitrogen and oxygen atoms in total. The van der Waals surface area contributed by atoms with Crippen LogP contribution in [0.2, 0.25) is 0 Å². The van der Waals surface area contributed by atoms with Gasteiger partial charge in [-0.2, -0.15) is 5.10 Å². The van der Waals surface area contributed by atoms with E-state index in [1.165, 1.54) is 26.9 Å². The summed E-state index contributed by atoms with van der Waals surface area (Å²) >= 11 is 0. The quantitative estimate of drug-likeness (QED) is 0.436. The summed E-state index contributed by atoms with van der Waals surface area (Å²) in [6.45, 7) is 0. The van der Waals surface area contributed by atoms with Gasteiger partial charge in [-0.25, -0.2) is 0 Å². The minimum atomic E-state index is 1.06. The average molecular weight is 233 g/mol. The Kier molecular flexibility index (Phi) is 1.75. The molecule has 3 heteroatoms. The predicted molar refractivity (Wildman–Crippen MR) is 73.5 cm³/mol. The Morgan fingerprint density at radius 2 is 1.67 bits per heavy atom. The Morgan fingerprint density at radius 1 is 0.889 bits per heavy atom. The number of benzene rings is 2. The Bertz CT molecular complexity index is 817. The Morgan fingerprint density at radius 3 is 2.56 bits per heavy atom. The summed E-state index contributed by atoms with van der Waals surface area (Å²) in [7, 11) is 1.96. The maximum atomic E-state index is 4.59. The highest BCUT2D eigenvalue weighted by Crippen LogP contribution is 2.33. The second-order valence-electron chi connectivity index (χ2n) is 4.53. The van der Waals surface area contributed by atoms with Gasteiger partial charge in [-0.05, 0) is 16.8 Å². The molecule has 0 bridgehead atoms. The van der Waals surface area contributed by atoms with Crippen LogP contribution in [-0.2, 0) is 7.05 Å². The minimum Gasteiger partial charge on any atom is -0.275 e. The SMILES string of the molecule is Cn1cc2c3ccncc3c3ccccc3c2n1. The number of hydrogen-bond acceptors (Lipinski definition) is 2. The van der Waals surface area contributed by atoms with Crippen molar-refractivity contribution in [2.45, 2.75) is 0 Å². The van der Waals surface area contributed by atoms with Gasteiger partial charge in [0.05, 0.1) is 0 Å². The van der Waals surface area contributed by atoms with Crippen molar-refractivity contribution < 1.29 is 0 Å². The third-order valence-corrected chi connectivity index (χ3v) is 3.41. The molecule has 4 rings (SSSR count). The van der Waals surface area contributed by atoms with Crippen molar-refractivity contribution >= 4 is 32.4 Å². The van der Waals surface area contributed by atoms with Crippen LogP contribution in [0.3, 0.4) is 0 Å². The van der Waals surface area contributed by atoms with Crippen LogP contribution in [0, 0.1) is 0 Å². The molecule has 2 heterocycles. The molecule has 0 atom stereocenters. The first-order chi connectivity index (χ1) is 8.84. The van der Waals surface area contributed by atoms with Gasteiger partial charge >= 0.3 is 0 Å². The topological polar surface area (TPSA) is 30.7 Å². The van der Waals surface area contributed by atoms with E-state index in [1.807, 2.05) is 24.1 Å². The molecule has 0 fully saturated rings. The molecule has 2 aromatic heterocycles. The minimum absolute atomic E-state index is 1.06. The Hall–Kier alpha value is -2.42. The van der Waals surface area contributed by atoms with Crippen molar-refractivity contribution in [1.29, 1.82) is 0 Å². The van der Waals surface area contributed by atoms with Crippen LogP contribution in [0.15, 0.2) is 48.9 Å². The van der Waals surface area contributed by atoms with Gasteiger partial charge in [0.2, 0.25) is 0 Å². The van der Waals surface area contributed by atoms with Gasteiger partial charge in [0.1, 0.15) is 5.52 Å². The summed E-state index contributed by atoms with van der Waals surface area (Å²) < 4.78 is 1.87. The Balaban J connectivity index is 2.45. The highest BCUT2D eigenvalue weighted by molar-refractivity contribution is 6.23. The predicted octanol–water partition coefficient (Wildman–Crippen LogP) is 3.27. The number of fused-ring (bicyclic) bond motifs is 6. The number of rotatable bonds is 0. The molecule has 0 unspecified atom stereocenters. The third kappa shape index (κ3) is 1.13. The highest BCUT2D eigenvalue weighted by atomic mass is 15.2. The molecular weight excluding hydrogens is 222 g/mol. The molecule has 0 aliphatic heterocycles. The van der Waals surface area contributed by atoms with Gasteiger partial charge < -0.3 is 0 Å². The maximum absolute atomic E-state index is 4.59. The van der Waals surface area contributed by atoms with Gasteiger partial charge in [-0.3, -0.25) is 9.67 Å². The van der Waals surface area contributed by atoms with E-state index in [2.05, 4.69) is 46.6 Å². The molecule has 2 aromatic carbocycles. The van der Waals surface area contributed by atoms with Crippen molar-refractivity contribution in [1.82, 2.24) is 14.8 Å². The summed E-state index contributed by atoms with van der Waals surface area (Å²) in [5, 5.41) is 10.6. The molecule has 0 aliphatic rings. The molecule has 0 N–H and O–H groups in total. The van der Waals surface area contributed by atoms with Crippen LogP contribution in [0.4, 0.5) is 0 Å². The Labute approximate surface area is 104 Å². The van der Waals surface area contributed by atoms with Crippen molar-refractivity contribution in [2.75, 3.05) is 0 Å². The summed E-state index contributed by atoms with van der Waals surface area (Å²) in [6, 6.07) is 10.4. The summed E-state index contributed by atoms with van der Waals surface area (Å²) in [5.74, 6) is 0. The van der Waals surface area contributed by atoms with Crippen LogP contribution >= 0.6 is 0 Å². The molecule has 4 aromatic rings. The molecule has 0 radical (unpaired) electrons. The van der Waals surface area contributed by atoms with Gasteiger partial charge in [0.25, 0.3) is 0 Å². The lowest BCUT2D eigenvalue weighted by Crippen LogP contribution is -1.85. The lowest BCUT2D eigenvalue weighted by Gasteiger charge is -2.04. The fraction of sp³-hybridized carbons (Fsp3) is 0.0667. The lowest BCUT2D eigenvalue weighted by molar-refractivity contribution is 0.780. The fourth-order valence-electron chi connectivity index (χ4n) is 2.65. The monoisotopic (exact) mass is 233 g/mol. The van der Waals surface area contributed by atoms with E-state index in [4.69, 9.17) is 0 Å². The number of pyridine rings is 1. The number of hydrogen-bond donors (Lipinski definition) is 0. The molecule has 0 saturated carbocycles. The number of aryl methyl sites for hydroxylation is 1. The molecule has 0 spiro atoms. The van der Waals surface area contributed by atoms with E-state index in [1.54, 1.807) is 0 Å². The first-order valence-corrected chi connectivity index (χ1v) is 5.92. The maximum Gasteiger partial charge on any atom is 0.101 e. The van der Waals surface area contributed by atoms with Gasteiger partial charge in [-0.1, -0.05) is 24.3 Å². The normalized spacial score (nSPS) is 11.6. The van der Waals surface area contributed by atoms with Crippen LogP contribution in [-0.4, -0.2) is 14.8 Å². The summed E-state index contributed by atoms with van der Waals surface area (Å²) in [5.41, 5.74) is 1.06. The molecule has 0 aliphatic carbocycles. The molecular formula is C15H11N3. The van der Waals surface area contributed by atoms with Crippen molar-refractivity contribution in [3.63, 3.8) is 0 Å². The van der Waals surface area contributed by atoms with E-state index < -0.39 is 0 Å². The van der Waals surface area contributed by atoms with Crippen molar-refractivity contribution in [3.8, 4) is 0 Å². The second-order valence-corrected chi connectivity index (χ2v) is 4.53. The van der Waals surface area contributed by atoms with E-state index >= 15 is 0 Å². The molecule has 0 amide bonds. The fourth-order valence-corrected chi connectivity index (χ4v) is 2.65. The molecule has 0 saturated heterocycles. The van der Waals surface area contributed by atoms with E-state index in [9.17, 15) is 0 Å². The molecule has 86 valence electrons. The smallest absolute Gasteiger partial charge is 0.101 e. The zero-order chi connectivity index (χ0) is 12.1. The van der Waals surface area contributed by atoms with E-state index in [0.717, 1.165) is 5.52 Å². The van der Waals surface area contributed by atoms with Gasteiger partial charge in [-0.15, -0.1) is 0 Å². The molecule has 18 heavy (non-hydrogen) atoms. The zero-order valence-electron chi connectivity index (χ0n) is 9.96. The first kappa shape index (κ1) is 9.59. The van der Waals surface area contributed by atoms with Crippen LogP contribution in [0.25, 0.3) is 32.4 Å². The summed E-state index contributed by atoms with van der Waals surface area (Å²) in [4.78, 5) is 4.25. The number of nitrogens with zero attached hydrogens (tertiary/aromatic N) is 3. The van der Waals surface area contributed by atoms with Gasteiger partial charge in [0, 0.05) is 41.8 Å². The number of aromatic nitrogens is 3. The first-order valence-electron chi connectivity index (χ1n) is 5.92. The van der Waals surface area contributed by atoms with E-state index in [0.29, 0.717) is 0 Å². The summed E-state index contributed by atoms with van der Waals surface area (Å²) in [6.07, 6.45) is 5.84. The standard InChI is InChI=1S/C15H11N3/c1-18-9-14-11-6-7-16-8-13(11)10-4-2-3-5-12(10)15(14)17-18/h2-9H,1H3. The average Bonchev–Trinajstić information content (AvgIpc) is 2.81. The van der Waals surface area contributed by atoms with E-state index in [-0.39, 0.29) is 0 Å². The van der Waals surface area contributed by atoms with Crippen LogP contribution < -0.4 is 0 Å². The largest absolute Gasteiger partial charge is 0.275 e. The lowest BCUT2D eigenvalue weighted by atomic mass is 10.0. The van der Waals surface area contributed by atoms with Crippen LogP contribution in [0.1, 0.15) is 0 Å². The van der Waals surface area contributed by atoms with Crippen molar-refractivity contribution in [2.24, 2.45) is 7.05 Å². The second kappa shape index (κ2) is 3.29. The van der Waals surface area contributed by atoms with Crippen LogP contribution in [0.5, 0.6) is 0 Å². The van der Waals surface area contributed by atoms with Crippen molar-refractivity contribution in [3.05, 3.63) is 48.9 Å². The zero-order valence-corrected chi connectivity index (χ0v) is 9.96.